The third kappa shape index (κ3) is 5.23. The lowest BCUT2D eigenvalue weighted by atomic mass is 9.82. The molecule has 0 saturated heterocycles. The van der Waals surface area contributed by atoms with Gasteiger partial charge in [0.1, 0.15) is 0 Å². The van der Waals surface area contributed by atoms with E-state index in [0.29, 0.717) is 0 Å². The van der Waals surface area contributed by atoms with Gasteiger partial charge in [-0.05, 0) is 109 Å². The first-order valence-corrected chi connectivity index (χ1v) is 23.7. The molecule has 0 radical (unpaired) electrons. The first kappa shape index (κ1) is 37.4. The minimum absolute atomic E-state index is 0.179. The predicted molar refractivity (Wildman–Crippen MR) is 284 cm³/mol. The summed E-state index contributed by atoms with van der Waals surface area (Å²) >= 11 is 1.89. The topological polar surface area (TPSA) is 8.17 Å². The lowest BCUT2D eigenvalue weighted by Gasteiger charge is -2.31. The summed E-state index contributed by atoms with van der Waals surface area (Å²) in [6, 6.07) is 81.6. The maximum atomic E-state index is 2.59. The largest absolute Gasteiger partial charge is 0.307 e. The molecule has 1 aliphatic rings. The van der Waals surface area contributed by atoms with Crippen LogP contribution < -0.4 is 4.90 Å². The number of thiophene rings is 1. The van der Waals surface area contributed by atoms with Crippen LogP contribution in [-0.4, -0.2) is 4.57 Å². The highest BCUT2D eigenvalue weighted by Crippen LogP contribution is 2.54. The molecule has 310 valence electrons. The summed E-state index contributed by atoms with van der Waals surface area (Å²) in [5.74, 6) is 0. The molecule has 13 aromatic rings. The van der Waals surface area contributed by atoms with Crippen molar-refractivity contribution < 1.29 is 0 Å². The van der Waals surface area contributed by atoms with Gasteiger partial charge in [-0.15, -0.1) is 11.3 Å². The van der Waals surface area contributed by atoms with Crippen LogP contribution in [0.2, 0.25) is 0 Å². The maximum absolute atomic E-state index is 2.59. The SMILES string of the molecule is CC1(C)c2ccccc2-c2ccc(N(c3ccc4c5ccccc5c5ccccc5c4c3-n3c4ccccc4c4cc(-c5ccccc5)ccc43)c3cccc4c3sc3ccccc34)cc21. The third-order valence-corrected chi connectivity index (χ3v) is 15.8. The molecule has 3 heteroatoms. The zero-order valence-electron chi connectivity index (χ0n) is 36.6. The van der Waals surface area contributed by atoms with Crippen LogP contribution in [0.4, 0.5) is 17.1 Å². The number of nitrogens with zero attached hydrogens (tertiary/aromatic N) is 2. The van der Waals surface area contributed by atoms with Gasteiger partial charge < -0.3 is 9.47 Å². The number of rotatable bonds is 5. The van der Waals surface area contributed by atoms with Gasteiger partial charge in [-0.1, -0.05) is 184 Å². The van der Waals surface area contributed by atoms with E-state index in [2.05, 4.69) is 242 Å². The molecule has 2 heterocycles. The molecule has 0 unspecified atom stereocenters. The van der Waals surface area contributed by atoms with Crippen molar-refractivity contribution in [2.75, 3.05) is 4.90 Å². The number of fused-ring (bicyclic) bond motifs is 15. The van der Waals surface area contributed by atoms with Gasteiger partial charge in [0, 0.05) is 42.7 Å². The summed E-state index contributed by atoms with van der Waals surface area (Å²) in [5, 5.41) is 12.5. The van der Waals surface area contributed by atoms with Crippen LogP contribution in [0.1, 0.15) is 25.0 Å². The molecule has 0 bridgehead atoms. The quantitative estimate of drug-likeness (QED) is 0.157. The monoisotopic (exact) mass is 858 g/mol. The number of hydrogen-bond acceptors (Lipinski definition) is 2. The number of anilines is 3. The van der Waals surface area contributed by atoms with Crippen molar-refractivity contribution in [3.63, 3.8) is 0 Å². The zero-order valence-corrected chi connectivity index (χ0v) is 37.4. The van der Waals surface area contributed by atoms with Crippen molar-refractivity contribution in [2.24, 2.45) is 0 Å². The van der Waals surface area contributed by atoms with Gasteiger partial charge in [-0.3, -0.25) is 0 Å². The molecule has 0 atom stereocenters. The predicted octanol–water partition coefficient (Wildman–Crippen LogP) is 18.1. The van der Waals surface area contributed by atoms with Crippen LogP contribution >= 0.6 is 11.3 Å². The van der Waals surface area contributed by atoms with E-state index in [0.717, 1.165) is 17.1 Å². The summed E-state index contributed by atoms with van der Waals surface area (Å²) in [7, 11) is 0. The summed E-state index contributed by atoms with van der Waals surface area (Å²) in [6.45, 7) is 4.78. The Labute approximate surface area is 386 Å². The lowest BCUT2D eigenvalue weighted by molar-refractivity contribution is 0.660. The van der Waals surface area contributed by atoms with E-state index in [1.54, 1.807) is 0 Å². The molecular formula is C63H42N2S. The molecule has 11 aromatic carbocycles. The van der Waals surface area contributed by atoms with Gasteiger partial charge in [0.25, 0.3) is 0 Å². The van der Waals surface area contributed by atoms with Crippen molar-refractivity contribution in [1.82, 2.24) is 4.57 Å². The summed E-state index contributed by atoms with van der Waals surface area (Å²) in [5.41, 5.74) is 14.5. The van der Waals surface area contributed by atoms with Crippen molar-refractivity contribution in [3.8, 4) is 27.9 Å². The molecule has 1 aliphatic carbocycles. The van der Waals surface area contributed by atoms with Crippen LogP contribution in [0.15, 0.2) is 218 Å². The average molecular weight is 859 g/mol. The van der Waals surface area contributed by atoms with Crippen LogP contribution in [-0.2, 0) is 5.41 Å². The Hall–Kier alpha value is -7.98. The highest BCUT2D eigenvalue weighted by Gasteiger charge is 2.36. The molecule has 2 nitrogen and oxygen atoms in total. The second kappa shape index (κ2) is 14.0. The first-order chi connectivity index (χ1) is 32.5. The summed E-state index contributed by atoms with van der Waals surface area (Å²) < 4.78 is 5.15. The third-order valence-electron chi connectivity index (χ3n) is 14.6. The second-order valence-corrected chi connectivity index (χ2v) is 19.4. The first-order valence-electron chi connectivity index (χ1n) is 22.9. The van der Waals surface area contributed by atoms with Gasteiger partial charge in [-0.25, -0.2) is 0 Å². The standard InChI is InChI=1S/C63H42N2S/c1-63(2)53-27-13-10-22-45(53)46-33-32-41(38-54(46)63)64(58-29-16-26-51-48-24-12-15-30-59(48)66-62(51)58)57-36-34-50-44-21-7-6-19-42(44)43-20-8-9-25-49(43)60(50)61(57)65-55-28-14-11-23-47(55)52-37-40(31-35-56(52)65)39-17-4-3-5-18-39/h3-38H,1-2H3. The Morgan fingerprint density at radius 2 is 1.02 bits per heavy atom. The number of hydrogen-bond donors (Lipinski definition) is 0. The summed E-state index contributed by atoms with van der Waals surface area (Å²) in [4.78, 5) is 2.59. The van der Waals surface area contributed by atoms with Gasteiger partial charge in [0.05, 0.1) is 32.8 Å². The molecule has 66 heavy (non-hydrogen) atoms. The normalized spacial score (nSPS) is 13.1. The second-order valence-electron chi connectivity index (χ2n) is 18.4. The zero-order chi connectivity index (χ0) is 43.7. The van der Waals surface area contributed by atoms with Crippen LogP contribution in [0, 0.1) is 0 Å². The Kier molecular flexibility index (Phi) is 7.94. The van der Waals surface area contributed by atoms with Gasteiger partial charge in [0.15, 0.2) is 0 Å². The van der Waals surface area contributed by atoms with Crippen molar-refractivity contribution in [2.45, 2.75) is 19.3 Å². The summed E-state index contributed by atoms with van der Waals surface area (Å²) in [6.07, 6.45) is 0. The fraction of sp³-hybridized carbons (Fsp3) is 0.0476. The molecule has 0 fully saturated rings. The van der Waals surface area contributed by atoms with E-state index in [4.69, 9.17) is 0 Å². The molecule has 0 aliphatic heterocycles. The van der Waals surface area contributed by atoms with Crippen molar-refractivity contribution in [3.05, 3.63) is 230 Å². The van der Waals surface area contributed by atoms with Crippen LogP contribution in [0.3, 0.4) is 0 Å². The Morgan fingerprint density at radius 3 is 1.83 bits per heavy atom. The van der Waals surface area contributed by atoms with E-state index in [9.17, 15) is 0 Å². The average Bonchev–Trinajstić information content (AvgIpc) is 3.99. The van der Waals surface area contributed by atoms with E-state index in [1.165, 1.54) is 113 Å². The van der Waals surface area contributed by atoms with Crippen LogP contribution in [0.25, 0.3) is 102 Å². The van der Waals surface area contributed by atoms with E-state index >= 15 is 0 Å². The van der Waals surface area contributed by atoms with Crippen molar-refractivity contribution in [1.29, 1.82) is 0 Å². The molecule has 0 N–H and O–H groups in total. The van der Waals surface area contributed by atoms with Gasteiger partial charge in [0.2, 0.25) is 0 Å². The fourth-order valence-corrected chi connectivity index (χ4v) is 12.8. The van der Waals surface area contributed by atoms with E-state index in [1.807, 2.05) is 11.3 Å². The number of aromatic nitrogens is 1. The van der Waals surface area contributed by atoms with Crippen LogP contribution in [0.5, 0.6) is 0 Å². The highest BCUT2D eigenvalue weighted by molar-refractivity contribution is 7.26. The van der Waals surface area contributed by atoms with E-state index < -0.39 is 0 Å². The molecule has 14 rings (SSSR count). The molecule has 0 spiro atoms. The Balaban J connectivity index is 1.17. The minimum atomic E-state index is -0.179. The highest BCUT2D eigenvalue weighted by atomic mass is 32.1. The number of benzene rings is 11. The molecule has 0 saturated carbocycles. The Morgan fingerprint density at radius 1 is 0.394 bits per heavy atom. The van der Waals surface area contributed by atoms with Gasteiger partial charge >= 0.3 is 0 Å². The number of para-hydroxylation sites is 1. The maximum Gasteiger partial charge on any atom is 0.0788 e. The lowest BCUT2D eigenvalue weighted by Crippen LogP contribution is -2.17. The molecule has 0 amide bonds. The van der Waals surface area contributed by atoms with Crippen molar-refractivity contribution >= 4 is 103 Å². The smallest absolute Gasteiger partial charge is 0.0788 e. The molecular weight excluding hydrogens is 817 g/mol. The fourth-order valence-electron chi connectivity index (χ4n) is 11.5. The molecule has 2 aromatic heterocycles. The minimum Gasteiger partial charge on any atom is -0.307 e. The van der Waals surface area contributed by atoms with E-state index in [-0.39, 0.29) is 5.41 Å². The van der Waals surface area contributed by atoms with Gasteiger partial charge in [-0.2, -0.15) is 0 Å². The Bertz CT molecular complexity index is 4120.